The van der Waals surface area contributed by atoms with E-state index in [4.69, 9.17) is 4.74 Å². The Morgan fingerprint density at radius 2 is 1.86 bits per heavy atom. The number of ether oxygens (including phenoxy) is 1. The Bertz CT molecular complexity index is 926. The summed E-state index contributed by atoms with van der Waals surface area (Å²) in [6.07, 6.45) is 3.09. The normalized spacial score (nSPS) is 10.4. The summed E-state index contributed by atoms with van der Waals surface area (Å²) in [5, 5.41) is 6.09. The van der Waals surface area contributed by atoms with Crippen LogP contribution in [-0.2, 0) is 12.8 Å². The van der Waals surface area contributed by atoms with Crippen LogP contribution in [0, 0.1) is 0 Å². The standard InChI is InChI=1S/C22H24N4O2/c1-3-16-7-9-18(10-8-16)26-21-14-20(24-15-25-21)22(27)23-12-11-17-5-4-6-19(13-17)28-2/h4-10,13-15H,3,11-12H2,1-2H3,(H,23,27)(H,24,25,26). The number of benzene rings is 2. The van der Waals surface area contributed by atoms with Crippen molar-refractivity contribution < 1.29 is 9.53 Å². The second kappa shape index (κ2) is 9.50. The van der Waals surface area contributed by atoms with Crippen molar-refractivity contribution >= 4 is 17.4 Å². The van der Waals surface area contributed by atoms with Gasteiger partial charge in [0.25, 0.3) is 5.91 Å². The lowest BCUT2D eigenvalue weighted by Gasteiger charge is -2.09. The Morgan fingerprint density at radius 1 is 1.04 bits per heavy atom. The number of hydrogen-bond donors (Lipinski definition) is 2. The van der Waals surface area contributed by atoms with Gasteiger partial charge in [0.05, 0.1) is 7.11 Å². The monoisotopic (exact) mass is 376 g/mol. The Balaban J connectivity index is 1.56. The molecule has 0 saturated heterocycles. The molecule has 0 aliphatic rings. The molecule has 0 aliphatic heterocycles. The van der Waals surface area contributed by atoms with Crippen LogP contribution in [0.1, 0.15) is 28.5 Å². The maximum Gasteiger partial charge on any atom is 0.270 e. The zero-order chi connectivity index (χ0) is 19.8. The molecule has 2 aromatic carbocycles. The predicted octanol–water partition coefficient (Wildman–Crippen LogP) is 3.76. The van der Waals surface area contributed by atoms with Crippen LogP contribution in [0.3, 0.4) is 0 Å². The lowest BCUT2D eigenvalue weighted by molar-refractivity contribution is 0.0949. The summed E-state index contributed by atoms with van der Waals surface area (Å²) in [6.45, 7) is 2.63. The summed E-state index contributed by atoms with van der Waals surface area (Å²) in [7, 11) is 1.64. The van der Waals surface area contributed by atoms with E-state index in [1.807, 2.05) is 36.4 Å². The van der Waals surface area contributed by atoms with E-state index >= 15 is 0 Å². The van der Waals surface area contributed by atoms with E-state index in [9.17, 15) is 4.79 Å². The lowest BCUT2D eigenvalue weighted by Crippen LogP contribution is -2.26. The highest BCUT2D eigenvalue weighted by atomic mass is 16.5. The minimum atomic E-state index is -0.227. The second-order valence-electron chi connectivity index (χ2n) is 6.32. The largest absolute Gasteiger partial charge is 0.497 e. The van der Waals surface area contributed by atoms with Gasteiger partial charge < -0.3 is 15.4 Å². The van der Waals surface area contributed by atoms with E-state index in [1.54, 1.807) is 13.2 Å². The summed E-state index contributed by atoms with van der Waals surface area (Å²) in [5.41, 5.74) is 3.61. The van der Waals surface area contributed by atoms with Crippen LogP contribution in [-0.4, -0.2) is 29.5 Å². The fourth-order valence-electron chi connectivity index (χ4n) is 2.76. The molecule has 6 nitrogen and oxygen atoms in total. The quantitative estimate of drug-likeness (QED) is 0.626. The van der Waals surface area contributed by atoms with Crippen LogP contribution in [0.4, 0.5) is 11.5 Å². The van der Waals surface area contributed by atoms with Crippen molar-refractivity contribution in [2.75, 3.05) is 19.0 Å². The van der Waals surface area contributed by atoms with Crippen LogP contribution in [0.15, 0.2) is 60.9 Å². The smallest absolute Gasteiger partial charge is 0.270 e. The number of amides is 1. The van der Waals surface area contributed by atoms with Crippen molar-refractivity contribution in [3.8, 4) is 5.75 Å². The molecule has 2 N–H and O–H groups in total. The van der Waals surface area contributed by atoms with Crippen molar-refractivity contribution in [2.24, 2.45) is 0 Å². The Labute approximate surface area is 165 Å². The van der Waals surface area contributed by atoms with Gasteiger partial charge in [-0.2, -0.15) is 0 Å². The van der Waals surface area contributed by atoms with E-state index in [-0.39, 0.29) is 5.91 Å². The van der Waals surface area contributed by atoms with Crippen LogP contribution in [0.5, 0.6) is 5.75 Å². The van der Waals surface area contributed by atoms with Gasteiger partial charge in [0.1, 0.15) is 23.6 Å². The van der Waals surface area contributed by atoms with Crippen LogP contribution < -0.4 is 15.4 Å². The number of aromatic nitrogens is 2. The molecule has 0 atom stereocenters. The number of anilines is 2. The summed E-state index contributed by atoms with van der Waals surface area (Å²) in [5.74, 6) is 1.16. The first-order valence-electron chi connectivity index (χ1n) is 9.27. The van der Waals surface area contributed by atoms with Crippen molar-refractivity contribution in [2.45, 2.75) is 19.8 Å². The second-order valence-corrected chi connectivity index (χ2v) is 6.32. The third-order valence-corrected chi connectivity index (χ3v) is 4.37. The molecule has 3 rings (SSSR count). The van der Waals surface area contributed by atoms with Gasteiger partial charge in [-0.3, -0.25) is 4.79 Å². The fraction of sp³-hybridized carbons (Fsp3) is 0.227. The van der Waals surface area contributed by atoms with Gasteiger partial charge in [-0.05, 0) is 48.2 Å². The molecule has 6 heteroatoms. The molecule has 0 bridgehead atoms. The minimum absolute atomic E-state index is 0.227. The van der Waals surface area contributed by atoms with Crippen LogP contribution in [0.25, 0.3) is 0 Å². The summed E-state index contributed by atoms with van der Waals surface area (Å²) < 4.78 is 5.22. The zero-order valence-corrected chi connectivity index (χ0v) is 16.1. The summed E-state index contributed by atoms with van der Waals surface area (Å²) in [6, 6.07) is 17.6. The molecule has 1 aromatic heterocycles. The molecule has 0 saturated carbocycles. The third kappa shape index (κ3) is 5.30. The first-order valence-corrected chi connectivity index (χ1v) is 9.27. The molecule has 0 spiro atoms. The van der Waals surface area contributed by atoms with Crippen molar-refractivity contribution in [1.82, 2.24) is 15.3 Å². The van der Waals surface area contributed by atoms with Gasteiger partial charge in [-0.15, -0.1) is 0 Å². The first-order chi connectivity index (χ1) is 13.7. The maximum atomic E-state index is 12.4. The molecular formula is C22H24N4O2. The Kier molecular flexibility index (Phi) is 6.57. The summed E-state index contributed by atoms with van der Waals surface area (Å²) in [4.78, 5) is 20.7. The number of hydrogen-bond acceptors (Lipinski definition) is 5. The average molecular weight is 376 g/mol. The molecule has 0 fully saturated rings. The number of nitrogens with one attached hydrogen (secondary N) is 2. The van der Waals surface area contributed by atoms with Crippen molar-refractivity contribution in [3.05, 3.63) is 77.7 Å². The molecule has 28 heavy (non-hydrogen) atoms. The zero-order valence-electron chi connectivity index (χ0n) is 16.1. The highest BCUT2D eigenvalue weighted by Crippen LogP contribution is 2.16. The number of carbonyl (C=O) groups is 1. The molecule has 0 unspecified atom stereocenters. The topological polar surface area (TPSA) is 76.1 Å². The van der Waals surface area contributed by atoms with Crippen molar-refractivity contribution in [1.29, 1.82) is 0 Å². The van der Waals surface area contributed by atoms with E-state index in [0.717, 1.165) is 23.4 Å². The van der Waals surface area contributed by atoms with E-state index in [0.29, 0.717) is 24.5 Å². The van der Waals surface area contributed by atoms with Crippen LogP contribution >= 0.6 is 0 Å². The Hall–Kier alpha value is -3.41. The molecule has 0 radical (unpaired) electrons. The van der Waals surface area contributed by atoms with Gasteiger partial charge in [0, 0.05) is 18.3 Å². The predicted molar refractivity (Wildman–Crippen MR) is 110 cm³/mol. The number of nitrogens with zero attached hydrogens (tertiary/aromatic N) is 2. The molecule has 144 valence electrons. The van der Waals surface area contributed by atoms with Gasteiger partial charge in [-0.25, -0.2) is 9.97 Å². The number of methoxy groups -OCH3 is 1. The minimum Gasteiger partial charge on any atom is -0.497 e. The molecule has 1 heterocycles. The number of rotatable bonds is 8. The maximum absolute atomic E-state index is 12.4. The van der Waals surface area contributed by atoms with Gasteiger partial charge in [0.2, 0.25) is 0 Å². The molecular weight excluding hydrogens is 352 g/mol. The Morgan fingerprint density at radius 3 is 2.61 bits per heavy atom. The third-order valence-electron chi connectivity index (χ3n) is 4.37. The van der Waals surface area contributed by atoms with Crippen molar-refractivity contribution in [3.63, 3.8) is 0 Å². The van der Waals surface area contributed by atoms with Crippen LogP contribution in [0.2, 0.25) is 0 Å². The van der Waals surface area contributed by atoms with E-state index < -0.39 is 0 Å². The van der Waals surface area contributed by atoms with Gasteiger partial charge in [-0.1, -0.05) is 31.2 Å². The number of carbonyl (C=O) groups excluding carboxylic acids is 1. The molecule has 3 aromatic rings. The highest BCUT2D eigenvalue weighted by molar-refractivity contribution is 5.92. The van der Waals surface area contributed by atoms with Gasteiger partial charge in [0.15, 0.2) is 0 Å². The summed E-state index contributed by atoms with van der Waals surface area (Å²) >= 11 is 0. The average Bonchev–Trinajstić information content (AvgIpc) is 2.74. The van der Waals surface area contributed by atoms with E-state index in [1.165, 1.54) is 11.9 Å². The lowest BCUT2D eigenvalue weighted by atomic mass is 10.1. The fourth-order valence-corrected chi connectivity index (χ4v) is 2.76. The molecule has 1 amide bonds. The van der Waals surface area contributed by atoms with Gasteiger partial charge >= 0.3 is 0 Å². The highest BCUT2D eigenvalue weighted by Gasteiger charge is 2.09. The SMILES string of the molecule is CCc1ccc(Nc2cc(C(=O)NCCc3cccc(OC)c3)ncn2)cc1. The first kappa shape index (κ1) is 19.4. The molecule has 0 aliphatic carbocycles. The van der Waals surface area contributed by atoms with E-state index in [2.05, 4.69) is 39.7 Å². The number of aryl methyl sites for hydroxylation is 1.